The first-order chi connectivity index (χ1) is 17.0. The smallest absolute Gasteiger partial charge is 0.247 e. The number of benzene rings is 2. The van der Waals surface area contributed by atoms with E-state index in [1.54, 1.807) is 36.4 Å². The molecule has 1 unspecified atom stereocenters. The Morgan fingerprint density at radius 3 is 2.40 bits per heavy atom. The molecule has 2 aromatic rings. The van der Waals surface area contributed by atoms with Crippen LogP contribution in [0.3, 0.4) is 0 Å². The van der Waals surface area contributed by atoms with Crippen molar-refractivity contribution in [1.29, 1.82) is 0 Å². The van der Waals surface area contributed by atoms with Crippen LogP contribution in [-0.4, -0.2) is 69.6 Å². The summed E-state index contributed by atoms with van der Waals surface area (Å²) in [5.74, 6) is 1.42. The largest absolute Gasteiger partial charge is 0.490 e. The normalized spacial score (nSPS) is 21.3. The molecule has 0 N–H and O–H groups in total. The molecule has 8 nitrogen and oxygen atoms in total. The SMILES string of the molecule is O=C(C=Cc1ccc(S(=O)(=O)N2CCOCC2)cc1)N1CCCC1c1ccc2c(c1)OCCCO2. The first kappa shape index (κ1) is 23.8. The fourth-order valence-electron chi connectivity index (χ4n) is 4.71. The van der Waals surface area contributed by atoms with E-state index in [4.69, 9.17) is 14.2 Å². The summed E-state index contributed by atoms with van der Waals surface area (Å²) in [5, 5.41) is 0. The number of likely N-dealkylation sites (tertiary alicyclic amines) is 1. The molecule has 3 aliphatic rings. The van der Waals surface area contributed by atoms with E-state index in [0.717, 1.165) is 41.9 Å². The minimum absolute atomic E-state index is 0.00894. The average molecular weight is 499 g/mol. The molecule has 1 amide bonds. The molecule has 9 heteroatoms. The van der Waals surface area contributed by atoms with Crippen LogP contribution in [-0.2, 0) is 19.6 Å². The number of carbonyl (C=O) groups is 1. The third-order valence-electron chi connectivity index (χ3n) is 6.60. The maximum atomic E-state index is 13.0. The molecule has 1 atom stereocenters. The van der Waals surface area contributed by atoms with Crippen molar-refractivity contribution in [3.05, 3.63) is 59.7 Å². The molecular weight excluding hydrogens is 468 g/mol. The maximum Gasteiger partial charge on any atom is 0.247 e. The number of sulfonamides is 1. The number of amides is 1. The fourth-order valence-corrected chi connectivity index (χ4v) is 6.12. The summed E-state index contributed by atoms with van der Waals surface area (Å²) in [6, 6.07) is 12.6. The quantitative estimate of drug-likeness (QED) is 0.589. The Balaban J connectivity index is 1.26. The van der Waals surface area contributed by atoms with Gasteiger partial charge >= 0.3 is 0 Å². The van der Waals surface area contributed by atoms with Gasteiger partial charge in [-0.2, -0.15) is 4.31 Å². The predicted molar refractivity (Wildman–Crippen MR) is 131 cm³/mol. The molecule has 5 rings (SSSR count). The fraction of sp³-hybridized carbons (Fsp3) is 0.423. The van der Waals surface area contributed by atoms with Crippen molar-refractivity contribution in [3.8, 4) is 11.5 Å². The lowest BCUT2D eigenvalue weighted by Crippen LogP contribution is -2.40. The van der Waals surface area contributed by atoms with Crippen molar-refractivity contribution < 1.29 is 27.4 Å². The van der Waals surface area contributed by atoms with Gasteiger partial charge in [-0.15, -0.1) is 0 Å². The van der Waals surface area contributed by atoms with Crippen molar-refractivity contribution in [2.75, 3.05) is 46.1 Å². The molecule has 0 saturated carbocycles. The molecule has 0 aromatic heterocycles. The van der Waals surface area contributed by atoms with Crippen LogP contribution in [0.5, 0.6) is 11.5 Å². The van der Waals surface area contributed by atoms with Crippen LogP contribution in [0, 0.1) is 0 Å². The second kappa shape index (κ2) is 10.4. The van der Waals surface area contributed by atoms with E-state index in [1.807, 2.05) is 23.1 Å². The summed E-state index contributed by atoms with van der Waals surface area (Å²) in [4.78, 5) is 15.2. The van der Waals surface area contributed by atoms with E-state index in [1.165, 1.54) is 4.31 Å². The van der Waals surface area contributed by atoms with Crippen molar-refractivity contribution in [2.24, 2.45) is 0 Å². The molecule has 2 saturated heterocycles. The van der Waals surface area contributed by atoms with Gasteiger partial charge in [-0.05, 0) is 54.3 Å². The van der Waals surface area contributed by atoms with E-state index in [9.17, 15) is 13.2 Å². The summed E-state index contributed by atoms with van der Waals surface area (Å²) < 4.78 is 43.8. The summed E-state index contributed by atoms with van der Waals surface area (Å²) in [7, 11) is -3.54. The van der Waals surface area contributed by atoms with Crippen molar-refractivity contribution >= 4 is 22.0 Å². The molecule has 0 bridgehead atoms. The van der Waals surface area contributed by atoms with Gasteiger partial charge in [0.05, 0.1) is 37.4 Å². The zero-order chi connectivity index (χ0) is 24.3. The topological polar surface area (TPSA) is 85.4 Å². The van der Waals surface area contributed by atoms with Crippen LogP contribution in [0.4, 0.5) is 0 Å². The summed E-state index contributed by atoms with van der Waals surface area (Å²) in [6.45, 7) is 3.50. The Labute approximate surface area is 206 Å². The van der Waals surface area contributed by atoms with E-state index >= 15 is 0 Å². The third-order valence-corrected chi connectivity index (χ3v) is 8.51. The second-order valence-electron chi connectivity index (χ2n) is 8.87. The predicted octanol–water partition coefficient (Wildman–Crippen LogP) is 3.25. The first-order valence-electron chi connectivity index (χ1n) is 12.1. The van der Waals surface area contributed by atoms with E-state index in [-0.39, 0.29) is 16.8 Å². The van der Waals surface area contributed by atoms with Crippen LogP contribution in [0.2, 0.25) is 0 Å². The zero-order valence-corrected chi connectivity index (χ0v) is 20.4. The van der Waals surface area contributed by atoms with Gasteiger partial charge in [0.1, 0.15) is 0 Å². The van der Waals surface area contributed by atoms with Gasteiger partial charge in [0.15, 0.2) is 11.5 Å². The molecule has 0 aliphatic carbocycles. The molecule has 2 fully saturated rings. The number of morpholine rings is 1. The second-order valence-corrected chi connectivity index (χ2v) is 10.8. The van der Waals surface area contributed by atoms with Crippen LogP contribution in [0.25, 0.3) is 6.08 Å². The highest BCUT2D eigenvalue weighted by Gasteiger charge is 2.30. The van der Waals surface area contributed by atoms with Crippen molar-refractivity contribution in [3.63, 3.8) is 0 Å². The third kappa shape index (κ3) is 5.22. The standard InChI is InChI=1S/C26H30N2O6S/c29-26(11-6-20-4-8-22(9-5-20)35(30,31)27-13-17-32-18-14-27)28-12-1-3-23(28)21-7-10-24-25(19-21)34-16-2-15-33-24/h4-11,19,23H,1-3,12-18H2. The Hall–Kier alpha value is -2.88. The van der Waals surface area contributed by atoms with Crippen molar-refractivity contribution in [1.82, 2.24) is 9.21 Å². The number of nitrogens with zero attached hydrogens (tertiary/aromatic N) is 2. The molecular formula is C26H30N2O6S. The number of rotatable bonds is 5. The van der Waals surface area contributed by atoms with E-state index in [2.05, 4.69) is 0 Å². The van der Waals surface area contributed by atoms with Gasteiger partial charge in [0.25, 0.3) is 0 Å². The lowest BCUT2D eigenvalue weighted by molar-refractivity contribution is -0.126. The van der Waals surface area contributed by atoms with Crippen LogP contribution >= 0.6 is 0 Å². The molecule has 3 heterocycles. The molecule has 3 aliphatic heterocycles. The summed E-state index contributed by atoms with van der Waals surface area (Å²) >= 11 is 0. The lowest BCUT2D eigenvalue weighted by atomic mass is 10.0. The Morgan fingerprint density at radius 1 is 0.886 bits per heavy atom. The number of ether oxygens (including phenoxy) is 3. The van der Waals surface area contributed by atoms with Gasteiger partial charge in [0, 0.05) is 32.1 Å². The van der Waals surface area contributed by atoms with Crippen LogP contribution < -0.4 is 9.47 Å². The van der Waals surface area contributed by atoms with E-state index < -0.39 is 10.0 Å². The Kier molecular flexibility index (Phi) is 7.08. The minimum atomic E-state index is -3.54. The molecule has 35 heavy (non-hydrogen) atoms. The lowest BCUT2D eigenvalue weighted by Gasteiger charge is -2.26. The molecule has 2 aromatic carbocycles. The van der Waals surface area contributed by atoms with Gasteiger partial charge in [-0.25, -0.2) is 8.42 Å². The number of hydrogen-bond acceptors (Lipinski definition) is 6. The number of fused-ring (bicyclic) bond motifs is 1. The van der Waals surface area contributed by atoms with E-state index in [0.29, 0.717) is 46.1 Å². The van der Waals surface area contributed by atoms with Gasteiger partial charge in [-0.3, -0.25) is 4.79 Å². The number of hydrogen-bond donors (Lipinski definition) is 0. The first-order valence-corrected chi connectivity index (χ1v) is 13.5. The van der Waals surface area contributed by atoms with Crippen LogP contribution in [0.15, 0.2) is 53.4 Å². The van der Waals surface area contributed by atoms with Crippen molar-refractivity contribution in [2.45, 2.75) is 30.2 Å². The van der Waals surface area contributed by atoms with Gasteiger partial charge < -0.3 is 19.1 Å². The monoisotopic (exact) mass is 498 g/mol. The molecule has 0 radical (unpaired) electrons. The summed E-state index contributed by atoms with van der Waals surface area (Å²) in [6.07, 6.45) is 5.98. The highest BCUT2D eigenvalue weighted by molar-refractivity contribution is 7.89. The summed E-state index contributed by atoms with van der Waals surface area (Å²) in [5.41, 5.74) is 1.82. The minimum Gasteiger partial charge on any atom is -0.490 e. The van der Waals surface area contributed by atoms with Crippen LogP contribution in [0.1, 0.15) is 36.4 Å². The number of carbonyl (C=O) groups excluding carboxylic acids is 1. The Morgan fingerprint density at radius 2 is 1.63 bits per heavy atom. The zero-order valence-electron chi connectivity index (χ0n) is 19.6. The highest BCUT2D eigenvalue weighted by Crippen LogP contribution is 2.38. The average Bonchev–Trinajstić information content (AvgIpc) is 3.27. The maximum absolute atomic E-state index is 13.0. The van der Waals surface area contributed by atoms with Gasteiger partial charge in [0.2, 0.25) is 15.9 Å². The highest BCUT2D eigenvalue weighted by atomic mass is 32.2. The molecule has 186 valence electrons. The molecule has 0 spiro atoms. The Bertz CT molecular complexity index is 1190. The van der Waals surface area contributed by atoms with Gasteiger partial charge in [-0.1, -0.05) is 18.2 Å².